The predicted molar refractivity (Wildman–Crippen MR) is 76.1 cm³/mol. The molecule has 1 fully saturated rings. The molecule has 0 heterocycles. The minimum Gasteiger partial charge on any atom is -0.750 e. The largest absolute Gasteiger partial charge is 0.750 e. The van der Waals surface area contributed by atoms with Crippen molar-refractivity contribution < 1.29 is 13.3 Å². The van der Waals surface area contributed by atoms with Crippen molar-refractivity contribution in [3.05, 3.63) is 0 Å². The lowest BCUT2D eigenvalue weighted by atomic mass is 9.93. The van der Waals surface area contributed by atoms with Gasteiger partial charge in [0.15, 0.2) is 0 Å². The topological polar surface area (TPSA) is 60.4 Å². The van der Waals surface area contributed by atoms with E-state index in [-0.39, 0.29) is 0 Å². The second-order valence-corrected chi connectivity index (χ2v) is 5.71. The Balaban J connectivity index is 0.000000631. The van der Waals surface area contributed by atoms with Crippen LogP contribution in [0.2, 0.25) is 0 Å². The third kappa shape index (κ3) is 14.1. The van der Waals surface area contributed by atoms with Crippen molar-refractivity contribution in [2.75, 3.05) is 0 Å². The van der Waals surface area contributed by atoms with E-state index in [1.54, 1.807) is 0 Å². The Bertz CT molecular complexity index is 185. The number of rotatable bonds is 6. The first-order valence-corrected chi connectivity index (χ1v) is 8.48. The molecule has 1 N–H and O–H groups in total. The SMILES string of the molecule is CCCCCCCC1CCCCCC1.O=S([O-])O. The smallest absolute Gasteiger partial charge is 0.0814 e. The third-order valence-corrected chi connectivity index (χ3v) is 3.69. The molecular formula is C14H29O3S-. The zero-order valence-corrected chi connectivity index (χ0v) is 12.6. The summed E-state index contributed by atoms with van der Waals surface area (Å²) in [5.41, 5.74) is 0. The van der Waals surface area contributed by atoms with Gasteiger partial charge in [0.2, 0.25) is 0 Å². The zero-order chi connectivity index (χ0) is 13.6. The molecule has 0 bridgehead atoms. The molecule has 18 heavy (non-hydrogen) atoms. The third-order valence-electron chi connectivity index (χ3n) is 3.69. The minimum absolute atomic E-state index is 1.10. The fourth-order valence-electron chi connectivity index (χ4n) is 2.69. The highest BCUT2D eigenvalue weighted by molar-refractivity contribution is 7.73. The summed E-state index contributed by atoms with van der Waals surface area (Å²) in [6.07, 6.45) is 17.9. The van der Waals surface area contributed by atoms with Crippen LogP contribution >= 0.6 is 0 Å². The summed E-state index contributed by atoms with van der Waals surface area (Å²) in [5, 5.41) is 0. The summed E-state index contributed by atoms with van der Waals surface area (Å²) in [5.74, 6) is 1.10. The van der Waals surface area contributed by atoms with Gasteiger partial charge in [-0.15, -0.1) is 0 Å². The van der Waals surface area contributed by atoms with Crippen LogP contribution in [0.25, 0.3) is 0 Å². The molecule has 0 spiro atoms. The molecule has 1 aliphatic rings. The van der Waals surface area contributed by atoms with Gasteiger partial charge in [-0.1, -0.05) is 84.0 Å². The Hall–Kier alpha value is 0.0700. The van der Waals surface area contributed by atoms with Crippen molar-refractivity contribution in [1.82, 2.24) is 0 Å². The van der Waals surface area contributed by atoms with Crippen molar-refractivity contribution in [1.29, 1.82) is 0 Å². The Morgan fingerprint density at radius 1 is 1.06 bits per heavy atom. The van der Waals surface area contributed by atoms with Crippen LogP contribution in [0.3, 0.4) is 0 Å². The van der Waals surface area contributed by atoms with Crippen molar-refractivity contribution in [2.24, 2.45) is 5.92 Å². The van der Waals surface area contributed by atoms with Gasteiger partial charge in [-0.05, 0) is 5.92 Å². The van der Waals surface area contributed by atoms with Gasteiger partial charge in [0.1, 0.15) is 0 Å². The average Bonchev–Trinajstić information content (AvgIpc) is 2.56. The van der Waals surface area contributed by atoms with Crippen LogP contribution in [0.4, 0.5) is 0 Å². The minimum atomic E-state index is -2.86. The van der Waals surface area contributed by atoms with Gasteiger partial charge < -0.3 is 9.11 Å². The molecule has 0 aromatic rings. The highest BCUT2D eigenvalue weighted by Gasteiger charge is 2.11. The van der Waals surface area contributed by atoms with Crippen molar-refractivity contribution in [2.45, 2.75) is 84.0 Å². The fourth-order valence-corrected chi connectivity index (χ4v) is 2.69. The molecule has 1 aliphatic carbocycles. The molecule has 0 aromatic heterocycles. The first-order chi connectivity index (χ1) is 8.66. The number of unbranched alkanes of at least 4 members (excludes halogenated alkanes) is 4. The van der Waals surface area contributed by atoms with Gasteiger partial charge in [-0.25, -0.2) is 4.21 Å². The van der Waals surface area contributed by atoms with Crippen molar-refractivity contribution >= 4 is 11.4 Å². The van der Waals surface area contributed by atoms with Gasteiger partial charge in [0.25, 0.3) is 0 Å². The maximum atomic E-state index is 8.56. The molecule has 1 atom stereocenters. The lowest BCUT2D eigenvalue weighted by Gasteiger charge is -2.13. The van der Waals surface area contributed by atoms with Crippen LogP contribution in [0.5, 0.6) is 0 Å². The lowest BCUT2D eigenvalue weighted by molar-refractivity contribution is 0.405. The summed E-state index contributed by atoms with van der Waals surface area (Å²) >= 11 is -2.86. The normalized spacial score (nSPS) is 18.6. The Morgan fingerprint density at radius 3 is 2.06 bits per heavy atom. The van der Waals surface area contributed by atoms with E-state index < -0.39 is 11.4 Å². The van der Waals surface area contributed by atoms with Crippen molar-refractivity contribution in [3.63, 3.8) is 0 Å². The van der Waals surface area contributed by atoms with E-state index in [2.05, 4.69) is 6.92 Å². The van der Waals surface area contributed by atoms with Gasteiger partial charge >= 0.3 is 0 Å². The average molecular weight is 277 g/mol. The first kappa shape index (κ1) is 18.1. The van der Waals surface area contributed by atoms with Crippen LogP contribution in [-0.4, -0.2) is 13.3 Å². The Morgan fingerprint density at radius 2 is 1.56 bits per heavy atom. The van der Waals surface area contributed by atoms with E-state index in [0.29, 0.717) is 0 Å². The molecule has 1 saturated carbocycles. The zero-order valence-electron chi connectivity index (χ0n) is 11.7. The molecule has 0 amide bonds. The highest BCUT2D eigenvalue weighted by Crippen LogP contribution is 2.27. The molecule has 1 unspecified atom stereocenters. The summed E-state index contributed by atoms with van der Waals surface area (Å²) < 4.78 is 24.1. The summed E-state index contributed by atoms with van der Waals surface area (Å²) in [6.45, 7) is 2.30. The van der Waals surface area contributed by atoms with E-state index in [1.165, 1.54) is 77.0 Å². The molecule has 0 radical (unpaired) electrons. The van der Waals surface area contributed by atoms with E-state index in [0.717, 1.165) is 5.92 Å². The molecule has 0 aliphatic heterocycles. The second kappa shape index (κ2) is 13.5. The van der Waals surface area contributed by atoms with Crippen molar-refractivity contribution in [3.8, 4) is 0 Å². The quantitative estimate of drug-likeness (QED) is 0.436. The van der Waals surface area contributed by atoms with Crippen LogP contribution < -0.4 is 0 Å². The Kier molecular flexibility index (Phi) is 13.6. The van der Waals surface area contributed by atoms with Gasteiger partial charge in [-0.3, -0.25) is 0 Å². The fraction of sp³-hybridized carbons (Fsp3) is 1.00. The lowest BCUT2D eigenvalue weighted by Crippen LogP contribution is -1.98. The van der Waals surface area contributed by atoms with Gasteiger partial charge in [0.05, 0.1) is 11.4 Å². The predicted octanol–water partition coefficient (Wildman–Crippen LogP) is 4.66. The van der Waals surface area contributed by atoms with Crippen LogP contribution in [0.15, 0.2) is 0 Å². The number of hydrogen-bond acceptors (Lipinski definition) is 2. The van der Waals surface area contributed by atoms with E-state index >= 15 is 0 Å². The van der Waals surface area contributed by atoms with Crippen LogP contribution in [0, 0.1) is 5.92 Å². The van der Waals surface area contributed by atoms with E-state index in [9.17, 15) is 0 Å². The number of hydrogen-bond donors (Lipinski definition) is 1. The molecule has 4 heteroatoms. The molecule has 3 nitrogen and oxygen atoms in total. The molecule has 0 aromatic carbocycles. The van der Waals surface area contributed by atoms with Gasteiger partial charge in [-0.2, -0.15) is 0 Å². The van der Waals surface area contributed by atoms with E-state index in [1.807, 2.05) is 0 Å². The molecule has 0 saturated heterocycles. The molecule has 1 rings (SSSR count). The maximum absolute atomic E-state index is 8.56. The molecular weight excluding hydrogens is 248 g/mol. The Labute approximate surface area is 115 Å². The molecule has 110 valence electrons. The first-order valence-electron chi connectivity index (χ1n) is 7.45. The summed E-state index contributed by atoms with van der Waals surface area (Å²) in [6, 6.07) is 0. The highest BCUT2D eigenvalue weighted by atomic mass is 32.2. The van der Waals surface area contributed by atoms with Crippen LogP contribution in [-0.2, 0) is 11.4 Å². The van der Waals surface area contributed by atoms with Gasteiger partial charge in [0, 0.05) is 0 Å². The summed E-state index contributed by atoms with van der Waals surface area (Å²) in [7, 11) is 0. The van der Waals surface area contributed by atoms with Crippen LogP contribution in [0.1, 0.15) is 84.0 Å². The van der Waals surface area contributed by atoms with E-state index in [4.69, 9.17) is 13.3 Å². The monoisotopic (exact) mass is 277 g/mol. The summed E-state index contributed by atoms with van der Waals surface area (Å²) in [4.78, 5) is 0. The second-order valence-electron chi connectivity index (χ2n) is 5.28. The standard InChI is InChI=1S/C14H28.H2O3S/c1-2-3-4-5-8-11-14-12-9-6-7-10-13-14;1-4(2)3/h14H,2-13H2,1H3;(H2,1,2,3)/p-1. The maximum Gasteiger partial charge on any atom is 0.0814 e.